The van der Waals surface area contributed by atoms with Crippen LogP contribution in [0.4, 0.5) is 0 Å². The van der Waals surface area contributed by atoms with E-state index in [1.165, 1.54) is 22.2 Å². The number of rotatable bonds is 1. The van der Waals surface area contributed by atoms with E-state index in [-0.39, 0.29) is 5.41 Å². The predicted octanol–water partition coefficient (Wildman–Crippen LogP) is 6.79. The molecule has 3 heterocycles. The van der Waals surface area contributed by atoms with Crippen molar-refractivity contribution >= 4 is 44.9 Å². The summed E-state index contributed by atoms with van der Waals surface area (Å²) in [7, 11) is 0. The summed E-state index contributed by atoms with van der Waals surface area (Å²) in [6.07, 6.45) is 12.8. The fourth-order valence-corrected chi connectivity index (χ4v) is 4.47. The van der Waals surface area contributed by atoms with E-state index in [1.807, 2.05) is 24.5 Å². The van der Waals surface area contributed by atoms with E-state index in [4.69, 9.17) is 4.98 Å². The topological polar surface area (TPSA) is 30.7 Å². The van der Waals surface area contributed by atoms with Crippen LogP contribution in [0, 0.1) is 5.41 Å². The molecule has 30 heavy (non-hydrogen) atoms. The van der Waals surface area contributed by atoms with Crippen LogP contribution >= 0.6 is 0 Å². The van der Waals surface area contributed by atoms with E-state index in [1.54, 1.807) is 0 Å². The average molecular weight is 387 g/mol. The van der Waals surface area contributed by atoms with Gasteiger partial charge in [0.05, 0.1) is 27.9 Å². The Labute approximate surface area is 175 Å². The van der Waals surface area contributed by atoms with Crippen molar-refractivity contribution in [2.45, 2.75) is 13.8 Å². The Morgan fingerprint density at radius 1 is 0.767 bits per heavy atom. The lowest BCUT2D eigenvalue weighted by molar-refractivity contribution is 0.633. The Hall–Kier alpha value is -3.72. The van der Waals surface area contributed by atoms with Gasteiger partial charge in [0.15, 0.2) is 0 Å². The molecule has 1 aliphatic carbocycles. The van der Waals surface area contributed by atoms with Crippen LogP contribution in [-0.2, 0) is 0 Å². The molecule has 3 nitrogen and oxygen atoms in total. The third kappa shape index (κ3) is 2.45. The molecule has 0 saturated carbocycles. The minimum atomic E-state index is 0.0158. The van der Waals surface area contributed by atoms with Crippen LogP contribution in [0.1, 0.15) is 25.1 Å². The standard InChI is InChI=1S/C27H21N3/c1-27(2)13-11-20-19-8-3-4-10-22(19)30(23(20)12-14-27)24-17-18-7-5-15-28-25(18)26-21(24)9-6-16-29-26/h3-17H,1-2H3. The molecule has 2 aromatic carbocycles. The molecule has 3 aromatic heterocycles. The van der Waals surface area contributed by atoms with E-state index < -0.39 is 0 Å². The lowest BCUT2D eigenvalue weighted by Gasteiger charge is -2.15. The normalized spacial score (nSPS) is 15.0. The maximum absolute atomic E-state index is 4.71. The number of nitrogens with zero attached hydrogens (tertiary/aromatic N) is 3. The van der Waals surface area contributed by atoms with Crippen molar-refractivity contribution in [2.24, 2.45) is 5.41 Å². The molecule has 6 rings (SSSR count). The highest BCUT2D eigenvalue weighted by Gasteiger charge is 2.21. The van der Waals surface area contributed by atoms with Crippen molar-refractivity contribution in [1.82, 2.24) is 14.5 Å². The molecule has 1 aliphatic rings. The number of hydrogen-bond donors (Lipinski definition) is 0. The van der Waals surface area contributed by atoms with Gasteiger partial charge in [-0.3, -0.25) is 9.97 Å². The largest absolute Gasteiger partial charge is 0.309 e. The van der Waals surface area contributed by atoms with E-state index in [0.29, 0.717) is 0 Å². The van der Waals surface area contributed by atoms with E-state index >= 15 is 0 Å². The van der Waals surface area contributed by atoms with Crippen LogP contribution in [0.5, 0.6) is 0 Å². The first-order valence-electron chi connectivity index (χ1n) is 10.3. The van der Waals surface area contributed by atoms with Gasteiger partial charge in [-0.1, -0.05) is 56.3 Å². The summed E-state index contributed by atoms with van der Waals surface area (Å²) >= 11 is 0. The van der Waals surface area contributed by atoms with Crippen LogP contribution in [0.3, 0.4) is 0 Å². The second kappa shape index (κ2) is 6.14. The summed E-state index contributed by atoms with van der Waals surface area (Å²) < 4.78 is 2.38. The van der Waals surface area contributed by atoms with Gasteiger partial charge in [-0.2, -0.15) is 0 Å². The first-order chi connectivity index (χ1) is 14.6. The second-order valence-electron chi connectivity index (χ2n) is 8.51. The molecule has 0 atom stereocenters. The number of hydrogen-bond acceptors (Lipinski definition) is 2. The zero-order valence-electron chi connectivity index (χ0n) is 17.0. The van der Waals surface area contributed by atoms with Gasteiger partial charge >= 0.3 is 0 Å². The summed E-state index contributed by atoms with van der Waals surface area (Å²) in [6, 6.07) is 19.1. The maximum Gasteiger partial charge on any atom is 0.0985 e. The number of fused-ring (bicyclic) bond motifs is 6. The molecule has 0 saturated heterocycles. The monoisotopic (exact) mass is 387 g/mol. The fraction of sp³-hybridized carbons (Fsp3) is 0.111. The molecule has 0 amide bonds. The summed E-state index contributed by atoms with van der Waals surface area (Å²) in [5.41, 5.74) is 6.68. The SMILES string of the molecule is CC1(C)C=Cc2c(n(-c3cc4cccnc4c4ncccc34)c3ccccc23)C=C1. The highest BCUT2D eigenvalue weighted by atomic mass is 15.0. The van der Waals surface area contributed by atoms with Gasteiger partial charge in [-0.05, 0) is 36.4 Å². The molecule has 0 fully saturated rings. The van der Waals surface area contributed by atoms with Crippen molar-refractivity contribution in [1.29, 1.82) is 0 Å². The highest BCUT2D eigenvalue weighted by molar-refractivity contribution is 6.08. The fourth-order valence-electron chi connectivity index (χ4n) is 4.47. The third-order valence-corrected chi connectivity index (χ3v) is 5.98. The molecule has 5 aromatic rings. The number of pyridine rings is 2. The molecule has 144 valence electrons. The van der Waals surface area contributed by atoms with Crippen LogP contribution in [0.2, 0.25) is 0 Å². The zero-order chi connectivity index (χ0) is 20.3. The zero-order valence-corrected chi connectivity index (χ0v) is 17.0. The van der Waals surface area contributed by atoms with Gasteiger partial charge in [-0.15, -0.1) is 0 Å². The Morgan fingerprint density at radius 3 is 2.40 bits per heavy atom. The Kier molecular flexibility index (Phi) is 3.51. The lowest BCUT2D eigenvalue weighted by Crippen LogP contribution is -2.02. The van der Waals surface area contributed by atoms with Crippen LogP contribution in [0.15, 0.2) is 79.1 Å². The van der Waals surface area contributed by atoms with E-state index in [2.05, 4.69) is 90.2 Å². The second-order valence-corrected chi connectivity index (χ2v) is 8.51. The van der Waals surface area contributed by atoms with Gasteiger partial charge in [-0.25, -0.2) is 0 Å². The Bertz CT molecular complexity index is 1520. The number of allylic oxidation sites excluding steroid dienone is 2. The smallest absolute Gasteiger partial charge is 0.0985 e. The van der Waals surface area contributed by atoms with Crippen molar-refractivity contribution < 1.29 is 0 Å². The van der Waals surface area contributed by atoms with Gasteiger partial charge in [0.2, 0.25) is 0 Å². The van der Waals surface area contributed by atoms with Crippen LogP contribution < -0.4 is 0 Å². The Morgan fingerprint density at radius 2 is 1.50 bits per heavy atom. The predicted molar refractivity (Wildman–Crippen MR) is 126 cm³/mol. The molecular weight excluding hydrogens is 366 g/mol. The summed E-state index contributed by atoms with van der Waals surface area (Å²) in [5.74, 6) is 0. The van der Waals surface area contributed by atoms with Crippen LogP contribution in [-0.4, -0.2) is 14.5 Å². The summed E-state index contributed by atoms with van der Waals surface area (Å²) in [6.45, 7) is 4.47. The van der Waals surface area contributed by atoms with Crippen molar-refractivity contribution in [3.05, 3.63) is 90.4 Å². The van der Waals surface area contributed by atoms with Crippen molar-refractivity contribution in [3.63, 3.8) is 0 Å². The summed E-state index contributed by atoms with van der Waals surface area (Å²) in [4.78, 5) is 9.32. The Balaban J connectivity index is 1.80. The van der Waals surface area contributed by atoms with Crippen LogP contribution in [0.25, 0.3) is 50.5 Å². The van der Waals surface area contributed by atoms with Gasteiger partial charge in [0.25, 0.3) is 0 Å². The maximum atomic E-state index is 4.71. The first-order valence-corrected chi connectivity index (χ1v) is 10.3. The molecule has 0 bridgehead atoms. The average Bonchev–Trinajstić information content (AvgIpc) is 3.00. The minimum absolute atomic E-state index is 0.0158. The molecule has 3 heteroatoms. The van der Waals surface area contributed by atoms with Gasteiger partial charge < -0.3 is 4.57 Å². The minimum Gasteiger partial charge on any atom is -0.309 e. The molecule has 0 spiro atoms. The molecular formula is C27H21N3. The number of benzene rings is 2. The van der Waals surface area contributed by atoms with E-state index in [0.717, 1.165) is 27.5 Å². The van der Waals surface area contributed by atoms with Gasteiger partial charge in [0, 0.05) is 39.5 Å². The van der Waals surface area contributed by atoms with Crippen molar-refractivity contribution in [2.75, 3.05) is 0 Å². The molecule has 0 unspecified atom stereocenters. The molecule has 0 aliphatic heterocycles. The van der Waals surface area contributed by atoms with Crippen molar-refractivity contribution in [3.8, 4) is 5.69 Å². The number of aromatic nitrogens is 3. The third-order valence-electron chi connectivity index (χ3n) is 5.98. The highest BCUT2D eigenvalue weighted by Crippen LogP contribution is 2.38. The lowest BCUT2D eigenvalue weighted by atomic mass is 9.93. The molecule has 0 N–H and O–H groups in total. The first kappa shape index (κ1) is 17.2. The van der Waals surface area contributed by atoms with Gasteiger partial charge in [0.1, 0.15) is 0 Å². The summed E-state index contributed by atoms with van der Waals surface area (Å²) in [5, 5.41) is 3.46. The molecule has 0 radical (unpaired) electrons. The van der Waals surface area contributed by atoms with E-state index in [9.17, 15) is 0 Å². The quantitative estimate of drug-likeness (QED) is 0.296. The number of para-hydroxylation sites is 1.